The van der Waals surface area contributed by atoms with E-state index in [1.807, 2.05) is 11.8 Å². The Morgan fingerprint density at radius 2 is 0.667 bits per heavy atom. The molecule has 0 aliphatic rings. The molecule has 0 radical (unpaired) electrons. The maximum absolute atomic E-state index is 6.22. The topological polar surface area (TPSA) is 21.3 Å². The summed E-state index contributed by atoms with van der Waals surface area (Å²) >= 11 is 19.3. The Morgan fingerprint density at radius 3 is 1.00 bits per heavy atom. The molecule has 0 aromatic rings. The first-order valence-electron chi connectivity index (χ1n) is 25.6. The third kappa shape index (κ3) is 47.1. The van der Waals surface area contributed by atoms with Gasteiger partial charge in [-0.05, 0) is 44.3 Å². The van der Waals surface area contributed by atoms with E-state index in [1.54, 1.807) is 0 Å². The Balaban J connectivity index is 4.31. The van der Waals surface area contributed by atoms with Gasteiger partial charge in [0.2, 0.25) is 0 Å². The molecule has 0 saturated carbocycles. The molecule has 0 aliphatic heterocycles. The zero-order chi connectivity index (χ0) is 41.5. The Hall–Kier alpha value is 0.220. The van der Waals surface area contributed by atoms with E-state index in [1.165, 1.54) is 244 Å². The fourth-order valence-corrected chi connectivity index (χ4v) is 9.76. The lowest BCUT2D eigenvalue weighted by Gasteiger charge is -2.20. The molecule has 0 aromatic carbocycles. The molecular weight excluding hydrogens is 771 g/mol. The Morgan fingerprint density at radius 1 is 0.386 bits per heavy atom. The van der Waals surface area contributed by atoms with E-state index in [0.717, 1.165) is 46.5 Å². The predicted octanol–water partition coefficient (Wildman–Crippen LogP) is 19.1. The van der Waals surface area contributed by atoms with E-state index >= 15 is 0 Å². The summed E-state index contributed by atoms with van der Waals surface area (Å²) in [5.41, 5.74) is 0. The van der Waals surface area contributed by atoms with Crippen LogP contribution in [-0.2, 0) is 4.74 Å². The maximum Gasteiger partial charge on any atom is 0.159 e. The number of thioether (sulfide) groups is 1. The Kier molecular flexibility index (Phi) is 49.1. The fraction of sp³-hybridized carbons (Fsp3) is 0.941. The van der Waals surface area contributed by atoms with Crippen molar-refractivity contribution in [1.29, 1.82) is 0 Å². The van der Waals surface area contributed by atoms with Gasteiger partial charge in [-0.2, -0.15) is 0 Å². The fourth-order valence-electron chi connectivity index (χ4n) is 7.83. The minimum Gasteiger partial charge on any atom is -0.486 e. The number of thiocarbonyl (C=S) groups is 3. The Bertz CT molecular complexity index is 805. The van der Waals surface area contributed by atoms with Crippen molar-refractivity contribution in [3.05, 3.63) is 0 Å². The molecule has 0 aromatic heterocycles. The van der Waals surface area contributed by atoms with E-state index in [0.29, 0.717) is 6.61 Å². The zero-order valence-electron chi connectivity index (χ0n) is 38.7. The summed E-state index contributed by atoms with van der Waals surface area (Å²) in [5.74, 6) is 0. The molecular formula is C51H99NOS4. The monoisotopic (exact) mass is 870 g/mol. The van der Waals surface area contributed by atoms with Gasteiger partial charge in [-0.25, -0.2) is 0 Å². The molecule has 0 bridgehead atoms. The summed E-state index contributed by atoms with van der Waals surface area (Å²) < 4.78 is 7.34. The first-order chi connectivity index (χ1) is 28.0. The first kappa shape index (κ1) is 57.2. The number of ether oxygens (including phenoxy) is 1. The minimum atomic E-state index is 0.244. The summed E-state index contributed by atoms with van der Waals surface area (Å²) in [5, 5.41) is 4.62. The molecule has 6 heteroatoms. The summed E-state index contributed by atoms with van der Waals surface area (Å²) in [6.07, 6.45) is 56.6. The maximum atomic E-state index is 6.22. The molecule has 0 saturated heterocycles. The zero-order valence-corrected chi connectivity index (χ0v) is 42.0. The third-order valence-corrected chi connectivity index (χ3v) is 14.0. The van der Waals surface area contributed by atoms with Crippen LogP contribution in [0.25, 0.3) is 0 Å². The van der Waals surface area contributed by atoms with Gasteiger partial charge in [0.15, 0.2) is 5.05 Å². The highest BCUT2D eigenvalue weighted by atomic mass is 32.2. The van der Waals surface area contributed by atoms with Crippen LogP contribution >= 0.6 is 48.4 Å². The minimum absolute atomic E-state index is 0.244. The van der Waals surface area contributed by atoms with Gasteiger partial charge in [0.1, 0.15) is 6.61 Å². The van der Waals surface area contributed by atoms with E-state index in [-0.39, 0.29) is 5.25 Å². The average molecular weight is 871 g/mol. The summed E-state index contributed by atoms with van der Waals surface area (Å²) in [6.45, 7) is 8.32. The van der Waals surface area contributed by atoms with Crippen LogP contribution in [0.4, 0.5) is 0 Å². The molecule has 0 spiro atoms. The first-order valence-corrected chi connectivity index (χ1v) is 27.8. The van der Waals surface area contributed by atoms with Crippen LogP contribution in [0, 0.1) is 0 Å². The van der Waals surface area contributed by atoms with Crippen molar-refractivity contribution in [1.82, 2.24) is 5.32 Å². The normalized spacial score (nSPS) is 11.9. The van der Waals surface area contributed by atoms with Gasteiger partial charge >= 0.3 is 0 Å². The lowest BCUT2D eigenvalue weighted by atomic mass is 10.0. The molecule has 2 nitrogen and oxygen atoms in total. The predicted molar refractivity (Wildman–Crippen MR) is 274 cm³/mol. The molecule has 0 heterocycles. The van der Waals surface area contributed by atoms with Crippen LogP contribution < -0.4 is 5.32 Å². The summed E-state index contributed by atoms with van der Waals surface area (Å²) in [4.78, 5) is 1.00. The van der Waals surface area contributed by atoms with Crippen molar-refractivity contribution in [3.8, 4) is 0 Å². The van der Waals surface area contributed by atoms with Gasteiger partial charge in [0.25, 0.3) is 0 Å². The summed E-state index contributed by atoms with van der Waals surface area (Å²) in [6, 6.07) is 0. The second-order valence-corrected chi connectivity index (χ2v) is 20.7. The quantitative estimate of drug-likeness (QED) is 0.0482. The van der Waals surface area contributed by atoms with E-state index in [2.05, 4.69) is 26.1 Å². The van der Waals surface area contributed by atoms with Crippen LogP contribution in [0.15, 0.2) is 0 Å². The second kappa shape index (κ2) is 48.9. The highest BCUT2D eigenvalue weighted by Crippen LogP contribution is 2.21. The van der Waals surface area contributed by atoms with Crippen molar-refractivity contribution in [3.63, 3.8) is 0 Å². The number of hydrogen-bond donors (Lipinski definition) is 1. The molecule has 0 fully saturated rings. The molecule has 0 amide bonds. The van der Waals surface area contributed by atoms with Gasteiger partial charge in [0.05, 0.1) is 10.2 Å². The average Bonchev–Trinajstić information content (AvgIpc) is 3.21. The number of hydrogen-bond acceptors (Lipinski definition) is 5. The molecule has 1 atom stereocenters. The highest BCUT2D eigenvalue weighted by molar-refractivity contribution is 8.23. The van der Waals surface area contributed by atoms with Crippen molar-refractivity contribution >= 4 is 62.7 Å². The molecule has 57 heavy (non-hydrogen) atoms. The highest BCUT2D eigenvalue weighted by Gasteiger charge is 2.15. The smallest absolute Gasteiger partial charge is 0.159 e. The van der Waals surface area contributed by atoms with E-state index < -0.39 is 0 Å². The van der Waals surface area contributed by atoms with Crippen LogP contribution in [-0.4, -0.2) is 32.6 Å². The van der Waals surface area contributed by atoms with Gasteiger partial charge in [-0.1, -0.05) is 276 Å². The van der Waals surface area contributed by atoms with Gasteiger partial charge in [0, 0.05) is 17.2 Å². The standard InChI is InChI=1S/C51H99NOS4/c1-4-7-10-13-16-19-22-25-28-31-34-37-40-43-49(54)52-46-48(57-51(56)45-42-39-36-33-30-27-24-21-18-15-12-9-6-3)47-53-50(55)44-41-38-35-32-29-26-23-20-17-14-11-8-5-2/h48H,4-47H2,1-3H3,(H,52,54). The van der Waals surface area contributed by atoms with Gasteiger partial charge in [-0.3, -0.25) is 0 Å². The molecule has 338 valence electrons. The van der Waals surface area contributed by atoms with Crippen LogP contribution in [0.5, 0.6) is 0 Å². The van der Waals surface area contributed by atoms with Crippen molar-refractivity contribution < 1.29 is 4.74 Å². The van der Waals surface area contributed by atoms with Crippen LogP contribution in [0.3, 0.4) is 0 Å². The van der Waals surface area contributed by atoms with Crippen molar-refractivity contribution in [2.24, 2.45) is 0 Å². The molecule has 0 aliphatic carbocycles. The van der Waals surface area contributed by atoms with E-state index in [4.69, 9.17) is 41.4 Å². The Labute approximate surface area is 379 Å². The van der Waals surface area contributed by atoms with Crippen molar-refractivity contribution in [2.75, 3.05) is 13.2 Å². The molecule has 0 rings (SSSR count). The number of nitrogens with one attached hydrogen (secondary N) is 1. The van der Waals surface area contributed by atoms with Gasteiger partial charge in [-0.15, -0.1) is 11.8 Å². The third-order valence-electron chi connectivity index (χ3n) is 11.7. The van der Waals surface area contributed by atoms with E-state index in [9.17, 15) is 0 Å². The van der Waals surface area contributed by atoms with Crippen LogP contribution in [0.1, 0.15) is 290 Å². The van der Waals surface area contributed by atoms with Crippen molar-refractivity contribution in [2.45, 2.75) is 296 Å². The van der Waals surface area contributed by atoms with Crippen LogP contribution in [0.2, 0.25) is 0 Å². The largest absolute Gasteiger partial charge is 0.486 e. The number of unbranched alkanes of at least 4 members (excludes halogenated alkanes) is 36. The lowest BCUT2D eigenvalue weighted by Crippen LogP contribution is -2.33. The van der Waals surface area contributed by atoms with Gasteiger partial charge < -0.3 is 10.1 Å². The second-order valence-electron chi connectivity index (χ2n) is 17.6. The lowest BCUT2D eigenvalue weighted by molar-refractivity contribution is 0.303. The number of rotatable bonds is 47. The summed E-state index contributed by atoms with van der Waals surface area (Å²) in [7, 11) is 0. The molecule has 1 N–H and O–H groups in total. The SMILES string of the molecule is CCCCCCCCCCCCCCCC(=S)NCC(COC(=S)CCCCCCCCCCCCCCC)SC(=S)CCCCCCCCCCCCCCC. The molecule has 1 unspecified atom stereocenters.